The number of nitrogens with one attached hydrogen (secondary N) is 1. The summed E-state index contributed by atoms with van der Waals surface area (Å²) in [4.78, 5) is 1.70. The zero-order chi connectivity index (χ0) is 10.7. The number of aryl methyl sites for hydroxylation is 1. The summed E-state index contributed by atoms with van der Waals surface area (Å²) in [6, 6.07) is 0. The van der Waals surface area contributed by atoms with E-state index in [1.807, 2.05) is 6.20 Å². The predicted molar refractivity (Wildman–Crippen MR) is 58.7 cm³/mol. The first-order valence-corrected chi connectivity index (χ1v) is 5.97. The lowest BCUT2D eigenvalue weighted by Gasteiger charge is -2.21. The second kappa shape index (κ2) is 4.77. The predicted octanol–water partition coefficient (Wildman–Crippen LogP) is -1.83. The van der Waals surface area contributed by atoms with Crippen LogP contribution in [0, 0.1) is 6.92 Å². The Morgan fingerprint density at radius 1 is 1.47 bits per heavy atom. The van der Waals surface area contributed by atoms with Gasteiger partial charge in [0.2, 0.25) is 0 Å². The average Bonchev–Trinajstić information content (AvgIpc) is 2.62. The Labute approximate surface area is 91.3 Å². The van der Waals surface area contributed by atoms with Crippen LogP contribution in [0.4, 0.5) is 0 Å². The minimum absolute atomic E-state index is 0.981. The van der Waals surface area contributed by atoms with Gasteiger partial charge in [-0.05, 0) is 13.8 Å². The summed E-state index contributed by atoms with van der Waals surface area (Å²) in [5.74, 6) is 0. The number of hydrogen-bond acceptors (Lipinski definition) is 1. The van der Waals surface area contributed by atoms with Crippen molar-refractivity contribution in [3.63, 3.8) is 0 Å². The van der Waals surface area contributed by atoms with Gasteiger partial charge in [0.25, 0.3) is 0 Å². The summed E-state index contributed by atoms with van der Waals surface area (Å²) in [7, 11) is 0. The minimum atomic E-state index is 0.981. The van der Waals surface area contributed by atoms with E-state index in [1.54, 1.807) is 4.90 Å². The lowest BCUT2D eigenvalue weighted by Crippen LogP contribution is -3.19. The largest absolute Gasteiger partial charge is 0.337 e. The van der Waals surface area contributed by atoms with E-state index in [-0.39, 0.29) is 0 Å². The number of rotatable bonds is 3. The Morgan fingerprint density at radius 3 is 2.80 bits per heavy atom. The fourth-order valence-corrected chi connectivity index (χ4v) is 2.31. The molecule has 0 atom stereocenters. The molecule has 1 saturated heterocycles. The SMILES string of the molecule is CCn1ncc(C[NH+]2CC[NH2+]CC2)c1C. The molecule has 0 unspecified atom stereocenters. The molecule has 0 aliphatic carbocycles. The lowest BCUT2D eigenvalue weighted by molar-refractivity contribution is -0.958. The molecule has 2 heterocycles. The number of nitrogens with two attached hydrogens (primary N) is 1. The van der Waals surface area contributed by atoms with Gasteiger partial charge < -0.3 is 10.2 Å². The Kier molecular flexibility index (Phi) is 3.38. The van der Waals surface area contributed by atoms with E-state index in [9.17, 15) is 0 Å². The van der Waals surface area contributed by atoms with Crippen LogP contribution in [0.5, 0.6) is 0 Å². The van der Waals surface area contributed by atoms with E-state index in [4.69, 9.17) is 0 Å². The van der Waals surface area contributed by atoms with Gasteiger partial charge in [-0.2, -0.15) is 5.10 Å². The van der Waals surface area contributed by atoms with E-state index >= 15 is 0 Å². The molecule has 0 amide bonds. The molecule has 84 valence electrons. The number of quaternary nitrogens is 2. The molecule has 1 aliphatic rings. The van der Waals surface area contributed by atoms with Gasteiger partial charge >= 0.3 is 0 Å². The maximum absolute atomic E-state index is 4.40. The van der Waals surface area contributed by atoms with Crippen LogP contribution in [0.1, 0.15) is 18.2 Å². The molecule has 1 aromatic heterocycles. The van der Waals surface area contributed by atoms with Crippen molar-refractivity contribution in [1.82, 2.24) is 9.78 Å². The first-order valence-electron chi connectivity index (χ1n) is 5.97. The molecule has 4 nitrogen and oxygen atoms in total. The zero-order valence-electron chi connectivity index (χ0n) is 9.79. The van der Waals surface area contributed by atoms with Crippen LogP contribution in [0.25, 0.3) is 0 Å². The van der Waals surface area contributed by atoms with E-state index in [0.29, 0.717) is 0 Å². The molecule has 0 radical (unpaired) electrons. The fraction of sp³-hybridized carbons (Fsp3) is 0.727. The summed E-state index contributed by atoms with van der Waals surface area (Å²) >= 11 is 0. The molecule has 15 heavy (non-hydrogen) atoms. The fourth-order valence-electron chi connectivity index (χ4n) is 2.31. The summed E-state index contributed by atoms with van der Waals surface area (Å²) in [6.45, 7) is 11.6. The van der Waals surface area contributed by atoms with E-state index in [0.717, 1.165) is 13.1 Å². The van der Waals surface area contributed by atoms with Crippen LogP contribution in [0.15, 0.2) is 6.20 Å². The lowest BCUT2D eigenvalue weighted by atomic mass is 10.2. The second-order valence-corrected chi connectivity index (χ2v) is 4.36. The second-order valence-electron chi connectivity index (χ2n) is 4.36. The highest BCUT2D eigenvalue weighted by molar-refractivity contribution is 5.14. The third kappa shape index (κ3) is 2.38. The van der Waals surface area contributed by atoms with Crippen molar-refractivity contribution < 1.29 is 10.2 Å². The third-order valence-corrected chi connectivity index (χ3v) is 3.35. The highest BCUT2D eigenvalue weighted by Gasteiger charge is 2.18. The standard InChI is InChI=1S/C11H20N4/c1-3-15-10(2)11(8-13-15)9-14-6-4-12-5-7-14/h8,12H,3-7,9H2,1-2H3/p+2. The van der Waals surface area contributed by atoms with Crippen molar-refractivity contribution in [3.05, 3.63) is 17.5 Å². The quantitative estimate of drug-likeness (QED) is 0.605. The highest BCUT2D eigenvalue weighted by atomic mass is 15.3. The Bertz CT molecular complexity index is 312. The van der Waals surface area contributed by atoms with Crippen molar-refractivity contribution in [1.29, 1.82) is 0 Å². The Morgan fingerprint density at radius 2 is 2.20 bits per heavy atom. The molecule has 0 aromatic carbocycles. The highest BCUT2D eigenvalue weighted by Crippen LogP contribution is 2.04. The van der Waals surface area contributed by atoms with Crippen molar-refractivity contribution in [2.75, 3.05) is 26.2 Å². The molecular weight excluding hydrogens is 188 g/mol. The van der Waals surface area contributed by atoms with Gasteiger partial charge in [0, 0.05) is 17.8 Å². The number of nitrogens with zero attached hydrogens (tertiary/aromatic N) is 2. The third-order valence-electron chi connectivity index (χ3n) is 3.35. The van der Waals surface area contributed by atoms with Crippen LogP contribution in [0.3, 0.4) is 0 Å². The van der Waals surface area contributed by atoms with Gasteiger partial charge in [-0.3, -0.25) is 4.68 Å². The summed E-state index contributed by atoms with van der Waals surface area (Å²) < 4.78 is 2.09. The molecule has 1 fully saturated rings. The van der Waals surface area contributed by atoms with Crippen LogP contribution in [0.2, 0.25) is 0 Å². The maximum Gasteiger partial charge on any atom is 0.127 e. The van der Waals surface area contributed by atoms with E-state index in [2.05, 4.69) is 28.9 Å². The summed E-state index contributed by atoms with van der Waals surface area (Å²) in [5.41, 5.74) is 2.77. The van der Waals surface area contributed by atoms with Crippen molar-refractivity contribution in [2.45, 2.75) is 26.9 Å². The zero-order valence-corrected chi connectivity index (χ0v) is 9.79. The smallest absolute Gasteiger partial charge is 0.127 e. The minimum Gasteiger partial charge on any atom is -0.337 e. The average molecular weight is 210 g/mol. The molecule has 1 aromatic rings. The van der Waals surface area contributed by atoms with Crippen molar-refractivity contribution in [3.8, 4) is 0 Å². The normalized spacial score (nSPS) is 18.3. The molecule has 0 saturated carbocycles. The monoisotopic (exact) mass is 210 g/mol. The first-order chi connectivity index (χ1) is 7.31. The van der Waals surface area contributed by atoms with E-state index < -0.39 is 0 Å². The molecular formula is C11H22N4+2. The Hall–Kier alpha value is -0.870. The van der Waals surface area contributed by atoms with Crippen molar-refractivity contribution >= 4 is 0 Å². The molecule has 4 heteroatoms. The number of piperazine rings is 1. The van der Waals surface area contributed by atoms with E-state index in [1.165, 1.54) is 37.4 Å². The molecule has 2 rings (SSSR count). The van der Waals surface area contributed by atoms with Gasteiger partial charge in [-0.25, -0.2) is 0 Å². The van der Waals surface area contributed by atoms with Crippen LogP contribution in [-0.4, -0.2) is 36.0 Å². The molecule has 0 bridgehead atoms. The van der Waals surface area contributed by atoms with Crippen LogP contribution < -0.4 is 10.2 Å². The molecule has 1 aliphatic heterocycles. The van der Waals surface area contributed by atoms with Gasteiger partial charge in [0.05, 0.1) is 6.20 Å². The van der Waals surface area contributed by atoms with Gasteiger partial charge in [-0.15, -0.1) is 0 Å². The summed E-state index contributed by atoms with van der Waals surface area (Å²) in [6.07, 6.45) is 2.05. The number of aromatic nitrogens is 2. The molecule has 0 spiro atoms. The number of hydrogen-bond donors (Lipinski definition) is 2. The first kappa shape index (κ1) is 10.6. The topological polar surface area (TPSA) is 38.9 Å². The van der Waals surface area contributed by atoms with Crippen LogP contribution >= 0.6 is 0 Å². The molecule has 3 N–H and O–H groups in total. The van der Waals surface area contributed by atoms with Crippen molar-refractivity contribution in [2.24, 2.45) is 0 Å². The van der Waals surface area contributed by atoms with Gasteiger partial charge in [0.1, 0.15) is 32.7 Å². The summed E-state index contributed by atoms with van der Waals surface area (Å²) in [5, 5.41) is 6.80. The van der Waals surface area contributed by atoms with Crippen LogP contribution in [-0.2, 0) is 13.1 Å². The van der Waals surface area contributed by atoms with Gasteiger partial charge in [0.15, 0.2) is 0 Å². The Balaban J connectivity index is 2.00. The van der Waals surface area contributed by atoms with Gasteiger partial charge in [-0.1, -0.05) is 0 Å². The maximum atomic E-state index is 4.40.